The van der Waals surface area contributed by atoms with Crippen LogP contribution in [0.25, 0.3) is 0 Å². The first-order valence-corrected chi connectivity index (χ1v) is 6.05. The molecule has 1 rings (SSSR count). The summed E-state index contributed by atoms with van der Waals surface area (Å²) < 4.78 is 0. The molecule has 2 N–H and O–H groups in total. The number of rotatable bonds is 5. The number of hydrogen-bond donors (Lipinski definition) is 1. The average molecular weight is 225 g/mol. The van der Waals surface area contributed by atoms with Gasteiger partial charge in [0.25, 0.3) is 0 Å². The zero-order valence-electron chi connectivity index (χ0n) is 9.66. The van der Waals surface area contributed by atoms with Crippen LogP contribution in [0.5, 0.6) is 0 Å². The Morgan fingerprint density at radius 1 is 1.47 bits per heavy atom. The fraction of sp³-hybridized carbons (Fsp3) is 0.545. The van der Waals surface area contributed by atoms with Crippen LogP contribution in [-0.2, 0) is 6.54 Å². The minimum Gasteiger partial charge on any atom is -0.326 e. The topological polar surface area (TPSA) is 42.1 Å². The molecule has 0 saturated carbocycles. The monoisotopic (exact) mass is 225 g/mol. The Morgan fingerprint density at radius 2 is 2.20 bits per heavy atom. The van der Waals surface area contributed by atoms with Crippen molar-refractivity contribution in [2.75, 3.05) is 26.4 Å². The lowest BCUT2D eigenvalue weighted by atomic mass is 10.2. The van der Waals surface area contributed by atoms with Crippen LogP contribution >= 0.6 is 11.8 Å². The molecule has 1 aromatic rings. The maximum Gasteiger partial charge on any atom is 0.0989 e. The van der Waals surface area contributed by atoms with Crippen LogP contribution in [-0.4, -0.2) is 36.3 Å². The zero-order chi connectivity index (χ0) is 11.3. The van der Waals surface area contributed by atoms with Crippen molar-refractivity contribution >= 4 is 11.8 Å². The molecular formula is C11H19N3S. The van der Waals surface area contributed by atoms with Crippen molar-refractivity contribution in [3.8, 4) is 0 Å². The molecule has 84 valence electrons. The molecule has 0 aliphatic heterocycles. The largest absolute Gasteiger partial charge is 0.326 e. The van der Waals surface area contributed by atoms with Gasteiger partial charge < -0.3 is 10.6 Å². The Morgan fingerprint density at radius 3 is 2.73 bits per heavy atom. The summed E-state index contributed by atoms with van der Waals surface area (Å²) in [5.74, 6) is 1.07. The fourth-order valence-corrected chi connectivity index (χ4v) is 2.27. The highest BCUT2D eigenvalue weighted by atomic mass is 32.2. The molecular weight excluding hydrogens is 206 g/mol. The molecule has 4 heteroatoms. The predicted octanol–water partition coefficient (Wildman–Crippen LogP) is 1.50. The van der Waals surface area contributed by atoms with Crippen molar-refractivity contribution in [3.05, 3.63) is 23.4 Å². The van der Waals surface area contributed by atoms with Gasteiger partial charge in [-0.2, -0.15) is 0 Å². The Kier molecular flexibility index (Phi) is 5.08. The van der Waals surface area contributed by atoms with Crippen molar-refractivity contribution in [1.82, 2.24) is 9.88 Å². The highest BCUT2D eigenvalue weighted by molar-refractivity contribution is 7.99. The molecule has 1 heterocycles. The van der Waals surface area contributed by atoms with Gasteiger partial charge in [0.05, 0.1) is 5.03 Å². The van der Waals surface area contributed by atoms with Gasteiger partial charge in [-0.3, -0.25) is 0 Å². The standard InChI is InChI=1S/C11H19N3S/c1-9-6-10(7-12)8-13-11(9)15-5-4-14(2)3/h6,8H,4-5,7,12H2,1-3H3. The van der Waals surface area contributed by atoms with E-state index in [2.05, 4.69) is 37.0 Å². The van der Waals surface area contributed by atoms with E-state index < -0.39 is 0 Å². The Bertz CT molecular complexity index is 313. The van der Waals surface area contributed by atoms with E-state index in [1.807, 2.05) is 6.20 Å². The third-order valence-corrected chi connectivity index (χ3v) is 3.19. The summed E-state index contributed by atoms with van der Waals surface area (Å²) in [6, 6.07) is 2.12. The number of nitrogens with zero attached hydrogens (tertiary/aromatic N) is 2. The predicted molar refractivity (Wildman–Crippen MR) is 66.1 cm³/mol. The quantitative estimate of drug-likeness (QED) is 0.771. The van der Waals surface area contributed by atoms with Crippen LogP contribution in [0.15, 0.2) is 17.3 Å². The van der Waals surface area contributed by atoms with E-state index >= 15 is 0 Å². The van der Waals surface area contributed by atoms with Gasteiger partial charge in [0.15, 0.2) is 0 Å². The smallest absolute Gasteiger partial charge is 0.0989 e. The molecule has 1 aromatic heterocycles. The van der Waals surface area contributed by atoms with E-state index in [0.29, 0.717) is 6.54 Å². The van der Waals surface area contributed by atoms with E-state index in [9.17, 15) is 0 Å². The second kappa shape index (κ2) is 6.10. The minimum atomic E-state index is 0.566. The molecule has 0 fully saturated rings. The van der Waals surface area contributed by atoms with Crippen LogP contribution < -0.4 is 5.73 Å². The van der Waals surface area contributed by atoms with E-state index in [0.717, 1.165) is 22.9 Å². The number of thioether (sulfide) groups is 1. The molecule has 0 aliphatic rings. The molecule has 0 spiro atoms. The zero-order valence-corrected chi connectivity index (χ0v) is 10.5. The van der Waals surface area contributed by atoms with Crippen LogP contribution in [0.1, 0.15) is 11.1 Å². The summed E-state index contributed by atoms with van der Waals surface area (Å²) in [6.45, 7) is 3.73. The summed E-state index contributed by atoms with van der Waals surface area (Å²) in [5.41, 5.74) is 7.88. The molecule has 0 aliphatic carbocycles. The second-order valence-electron chi connectivity index (χ2n) is 3.82. The first-order valence-electron chi connectivity index (χ1n) is 5.06. The third kappa shape index (κ3) is 4.20. The van der Waals surface area contributed by atoms with Gasteiger partial charge >= 0.3 is 0 Å². The summed E-state index contributed by atoms with van der Waals surface area (Å²) in [6.07, 6.45) is 1.87. The lowest BCUT2D eigenvalue weighted by Crippen LogP contribution is -2.14. The van der Waals surface area contributed by atoms with Crippen molar-refractivity contribution < 1.29 is 0 Å². The highest BCUT2D eigenvalue weighted by Gasteiger charge is 2.02. The minimum absolute atomic E-state index is 0.566. The maximum absolute atomic E-state index is 5.56. The number of aryl methyl sites for hydroxylation is 1. The maximum atomic E-state index is 5.56. The Hall–Kier alpha value is -0.580. The molecule has 0 radical (unpaired) electrons. The number of hydrogen-bond acceptors (Lipinski definition) is 4. The van der Waals surface area contributed by atoms with Crippen LogP contribution in [0.4, 0.5) is 0 Å². The number of aromatic nitrogens is 1. The third-order valence-electron chi connectivity index (χ3n) is 2.10. The van der Waals surface area contributed by atoms with Gasteiger partial charge in [0, 0.05) is 25.0 Å². The summed E-state index contributed by atoms with van der Waals surface area (Å²) in [4.78, 5) is 6.59. The summed E-state index contributed by atoms with van der Waals surface area (Å²) >= 11 is 1.80. The van der Waals surface area contributed by atoms with E-state index in [4.69, 9.17) is 5.73 Å². The van der Waals surface area contributed by atoms with Crippen molar-refractivity contribution in [1.29, 1.82) is 0 Å². The summed E-state index contributed by atoms with van der Waals surface area (Å²) in [7, 11) is 4.16. The lowest BCUT2D eigenvalue weighted by molar-refractivity contribution is 0.437. The van der Waals surface area contributed by atoms with Crippen LogP contribution in [0.3, 0.4) is 0 Å². The van der Waals surface area contributed by atoms with Crippen molar-refractivity contribution in [3.63, 3.8) is 0 Å². The van der Waals surface area contributed by atoms with Gasteiger partial charge in [-0.05, 0) is 32.1 Å². The van der Waals surface area contributed by atoms with Crippen LogP contribution in [0.2, 0.25) is 0 Å². The first-order chi connectivity index (χ1) is 7.13. The van der Waals surface area contributed by atoms with E-state index in [-0.39, 0.29) is 0 Å². The normalized spacial score (nSPS) is 11.0. The lowest BCUT2D eigenvalue weighted by Gasteiger charge is -2.10. The molecule has 0 atom stereocenters. The molecule has 0 unspecified atom stereocenters. The van der Waals surface area contributed by atoms with Gasteiger partial charge in [0.1, 0.15) is 0 Å². The number of pyridine rings is 1. The van der Waals surface area contributed by atoms with Crippen molar-refractivity contribution in [2.45, 2.75) is 18.5 Å². The van der Waals surface area contributed by atoms with Gasteiger partial charge in [-0.1, -0.05) is 6.07 Å². The number of nitrogens with two attached hydrogens (primary N) is 1. The average Bonchev–Trinajstić information content (AvgIpc) is 2.20. The molecule has 0 bridgehead atoms. The molecule has 0 aromatic carbocycles. The van der Waals surface area contributed by atoms with Gasteiger partial charge in [-0.25, -0.2) is 4.98 Å². The van der Waals surface area contributed by atoms with E-state index in [1.54, 1.807) is 11.8 Å². The first kappa shape index (κ1) is 12.5. The molecule has 3 nitrogen and oxygen atoms in total. The second-order valence-corrected chi connectivity index (χ2v) is 4.91. The van der Waals surface area contributed by atoms with Gasteiger partial charge in [0.2, 0.25) is 0 Å². The van der Waals surface area contributed by atoms with Gasteiger partial charge in [-0.15, -0.1) is 11.8 Å². The van der Waals surface area contributed by atoms with Crippen molar-refractivity contribution in [2.24, 2.45) is 5.73 Å². The summed E-state index contributed by atoms with van der Waals surface area (Å²) in [5, 5.41) is 1.12. The van der Waals surface area contributed by atoms with Crippen LogP contribution in [0, 0.1) is 6.92 Å². The Balaban J connectivity index is 2.54. The van der Waals surface area contributed by atoms with E-state index in [1.165, 1.54) is 5.56 Å². The molecule has 0 amide bonds. The fourth-order valence-electron chi connectivity index (χ4n) is 1.21. The Labute approximate surface area is 96.1 Å². The molecule has 15 heavy (non-hydrogen) atoms. The highest BCUT2D eigenvalue weighted by Crippen LogP contribution is 2.20. The SMILES string of the molecule is Cc1cc(CN)cnc1SCCN(C)C. The molecule has 0 saturated heterocycles.